The Balaban J connectivity index is 1.63. The number of benzene rings is 1. The zero-order chi connectivity index (χ0) is 18.7. The van der Waals surface area contributed by atoms with E-state index < -0.39 is 15.8 Å². The first-order chi connectivity index (χ1) is 12.4. The van der Waals surface area contributed by atoms with E-state index >= 15 is 0 Å². The second kappa shape index (κ2) is 8.05. The Bertz CT molecular complexity index is 728. The van der Waals surface area contributed by atoms with E-state index in [-0.39, 0.29) is 29.3 Å². The molecule has 0 aromatic heterocycles. The lowest BCUT2D eigenvalue weighted by molar-refractivity contribution is -0.127. The highest BCUT2D eigenvalue weighted by atomic mass is 32.2. The van der Waals surface area contributed by atoms with Crippen LogP contribution in [0.2, 0.25) is 0 Å². The molecule has 0 radical (unpaired) electrons. The number of piperidine rings is 1. The van der Waals surface area contributed by atoms with Crippen molar-refractivity contribution in [1.82, 2.24) is 9.62 Å². The van der Waals surface area contributed by atoms with Gasteiger partial charge in [-0.1, -0.05) is 6.92 Å². The Morgan fingerprint density at radius 2 is 1.77 bits per heavy atom. The third-order valence-corrected chi connectivity index (χ3v) is 7.45. The highest BCUT2D eigenvalue weighted by Crippen LogP contribution is 2.26. The molecule has 1 aliphatic heterocycles. The topological polar surface area (TPSA) is 66.5 Å². The third-order valence-electron chi connectivity index (χ3n) is 5.57. The molecule has 7 heteroatoms. The van der Waals surface area contributed by atoms with Crippen LogP contribution in [-0.2, 0) is 14.8 Å². The minimum absolute atomic E-state index is 0.0384. The van der Waals surface area contributed by atoms with Gasteiger partial charge < -0.3 is 5.32 Å². The molecule has 2 aliphatic rings. The summed E-state index contributed by atoms with van der Waals surface area (Å²) in [7, 11) is -3.70. The van der Waals surface area contributed by atoms with Gasteiger partial charge in [0, 0.05) is 19.1 Å². The lowest BCUT2D eigenvalue weighted by atomic mass is 9.87. The van der Waals surface area contributed by atoms with Crippen LogP contribution in [0.25, 0.3) is 0 Å². The van der Waals surface area contributed by atoms with Gasteiger partial charge in [-0.05, 0) is 68.7 Å². The van der Waals surface area contributed by atoms with Crippen molar-refractivity contribution in [2.75, 3.05) is 13.1 Å². The van der Waals surface area contributed by atoms with Crippen molar-refractivity contribution in [1.29, 1.82) is 0 Å². The van der Waals surface area contributed by atoms with E-state index in [1.54, 1.807) is 0 Å². The number of sulfonamides is 1. The zero-order valence-corrected chi connectivity index (χ0v) is 16.0. The lowest BCUT2D eigenvalue weighted by Crippen LogP contribution is -2.48. The molecule has 1 saturated carbocycles. The van der Waals surface area contributed by atoms with Crippen LogP contribution < -0.4 is 5.32 Å². The van der Waals surface area contributed by atoms with Crippen molar-refractivity contribution in [3.63, 3.8) is 0 Å². The molecule has 1 atom stereocenters. The molecule has 0 bridgehead atoms. The largest absolute Gasteiger partial charge is 0.353 e. The normalized spacial score (nSPS) is 27.8. The van der Waals surface area contributed by atoms with Crippen molar-refractivity contribution in [2.24, 2.45) is 11.8 Å². The van der Waals surface area contributed by atoms with Crippen molar-refractivity contribution >= 4 is 15.9 Å². The predicted molar refractivity (Wildman–Crippen MR) is 97.4 cm³/mol. The number of carbonyl (C=O) groups excluding carboxylic acids is 1. The number of amides is 1. The van der Waals surface area contributed by atoms with Gasteiger partial charge in [-0.2, -0.15) is 4.31 Å². The fraction of sp³-hybridized carbons (Fsp3) is 0.632. The van der Waals surface area contributed by atoms with Crippen LogP contribution in [0.5, 0.6) is 0 Å². The van der Waals surface area contributed by atoms with Crippen LogP contribution in [-0.4, -0.2) is 37.8 Å². The zero-order valence-electron chi connectivity index (χ0n) is 15.2. The monoisotopic (exact) mass is 382 g/mol. The van der Waals surface area contributed by atoms with Gasteiger partial charge >= 0.3 is 0 Å². The Hall–Kier alpha value is -1.47. The molecule has 1 aromatic rings. The lowest BCUT2D eigenvalue weighted by Gasteiger charge is -2.33. The smallest absolute Gasteiger partial charge is 0.243 e. The minimum Gasteiger partial charge on any atom is -0.353 e. The molecular weight excluding hydrogens is 355 g/mol. The van der Waals surface area contributed by atoms with Crippen LogP contribution in [0.15, 0.2) is 29.2 Å². The van der Waals surface area contributed by atoms with E-state index in [4.69, 9.17) is 0 Å². The molecular formula is C19H27FN2O3S. The summed E-state index contributed by atoms with van der Waals surface area (Å²) in [5, 5.41) is 3.12. The first kappa shape index (κ1) is 19.3. The summed E-state index contributed by atoms with van der Waals surface area (Å²) in [6.45, 7) is 2.82. The fourth-order valence-corrected chi connectivity index (χ4v) is 5.38. The second-order valence-corrected chi connectivity index (χ2v) is 9.56. The van der Waals surface area contributed by atoms with Crippen LogP contribution in [0, 0.1) is 17.7 Å². The summed E-state index contributed by atoms with van der Waals surface area (Å²) in [5.41, 5.74) is 0. The standard InChI is InChI=1S/C19H27FN2O3S/c1-14-4-8-17(9-5-14)21-19(23)15-3-2-12-22(13-15)26(24,25)18-10-6-16(20)7-11-18/h6-7,10-11,14-15,17H,2-5,8-9,12-13H2,1H3,(H,21,23). The highest BCUT2D eigenvalue weighted by Gasteiger charge is 2.34. The van der Waals surface area contributed by atoms with Gasteiger partial charge in [-0.3, -0.25) is 4.79 Å². The SMILES string of the molecule is CC1CCC(NC(=O)C2CCCN(S(=O)(=O)c3ccc(F)cc3)C2)CC1. The van der Waals surface area contributed by atoms with Gasteiger partial charge in [0.15, 0.2) is 0 Å². The summed E-state index contributed by atoms with van der Waals surface area (Å²) in [4.78, 5) is 12.7. The molecule has 3 rings (SSSR count). The Labute approximate surface area is 155 Å². The summed E-state index contributed by atoms with van der Waals surface area (Å²) in [6.07, 6.45) is 5.60. The van der Waals surface area contributed by atoms with Gasteiger partial charge in [0.1, 0.15) is 5.82 Å². The van der Waals surface area contributed by atoms with Crippen molar-refractivity contribution in [2.45, 2.75) is 56.4 Å². The quantitative estimate of drug-likeness (QED) is 0.871. The average molecular weight is 383 g/mol. The van der Waals surface area contributed by atoms with E-state index in [2.05, 4.69) is 12.2 Å². The molecule has 1 unspecified atom stereocenters. The highest BCUT2D eigenvalue weighted by molar-refractivity contribution is 7.89. The van der Waals surface area contributed by atoms with E-state index in [0.717, 1.165) is 37.8 Å². The molecule has 1 aliphatic carbocycles. The summed E-state index contributed by atoms with van der Waals surface area (Å²) in [5.74, 6) is -0.113. The van der Waals surface area contributed by atoms with E-state index in [1.165, 1.54) is 16.4 Å². The van der Waals surface area contributed by atoms with Gasteiger partial charge in [0.2, 0.25) is 15.9 Å². The molecule has 1 heterocycles. The number of halogens is 1. The van der Waals surface area contributed by atoms with Crippen molar-refractivity contribution < 1.29 is 17.6 Å². The van der Waals surface area contributed by atoms with E-state index in [0.29, 0.717) is 25.3 Å². The minimum atomic E-state index is -3.70. The molecule has 2 fully saturated rings. The van der Waals surface area contributed by atoms with Gasteiger partial charge in [0.25, 0.3) is 0 Å². The number of carbonyl (C=O) groups is 1. The van der Waals surface area contributed by atoms with Crippen molar-refractivity contribution in [3.8, 4) is 0 Å². The molecule has 1 amide bonds. The predicted octanol–water partition coefficient (Wildman–Crippen LogP) is 2.92. The number of nitrogens with zero attached hydrogens (tertiary/aromatic N) is 1. The van der Waals surface area contributed by atoms with Crippen LogP contribution in [0.4, 0.5) is 4.39 Å². The number of rotatable bonds is 4. The number of hydrogen-bond acceptors (Lipinski definition) is 3. The maximum atomic E-state index is 13.1. The number of hydrogen-bond donors (Lipinski definition) is 1. The maximum absolute atomic E-state index is 13.1. The molecule has 0 spiro atoms. The van der Waals surface area contributed by atoms with Crippen LogP contribution >= 0.6 is 0 Å². The van der Waals surface area contributed by atoms with E-state index in [9.17, 15) is 17.6 Å². The van der Waals surface area contributed by atoms with Crippen LogP contribution in [0.1, 0.15) is 45.4 Å². The molecule has 26 heavy (non-hydrogen) atoms. The molecule has 144 valence electrons. The van der Waals surface area contributed by atoms with E-state index in [1.807, 2.05) is 0 Å². The fourth-order valence-electron chi connectivity index (χ4n) is 3.85. The Morgan fingerprint density at radius 1 is 1.12 bits per heavy atom. The van der Waals surface area contributed by atoms with Gasteiger partial charge in [0.05, 0.1) is 10.8 Å². The maximum Gasteiger partial charge on any atom is 0.243 e. The first-order valence-electron chi connectivity index (χ1n) is 9.42. The first-order valence-corrected chi connectivity index (χ1v) is 10.9. The Kier molecular flexibility index (Phi) is 5.97. The number of nitrogens with one attached hydrogen (secondary N) is 1. The average Bonchev–Trinajstić information content (AvgIpc) is 2.64. The summed E-state index contributed by atoms with van der Waals surface area (Å²) >= 11 is 0. The molecule has 1 aromatic carbocycles. The molecule has 5 nitrogen and oxygen atoms in total. The Morgan fingerprint density at radius 3 is 2.42 bits per heavy atom. The molecule has 1 saturated heterocycles. The van der Waals surface area contributed by atoms with Gasteiger partial charge in [-0.25, -0.2) is 12.8 Å². The molecule has 1 N–H and O–H groups in total. The van der Waals surface area contributed by atoms with Crippen molar-refractivity contribution in [3.05, 3.63) is 30.1 Å². The third kappa shape index (κ3) is 4.43. The summed E-state index contributed by atoms with van der Waals surface area (Å²) < 4.78 is 40.0. The second-order valence-electron chi connectivity index (χ2n) is 7.62. The van der Waals surface area contributed by atoms with Crippen LogP contribution in [0.3, 0.4) is 0 Å². The summed E-state index contributed by atoms with van der Waals surface area (Å²) in [6, 6.07) is 5.05. The van der Waals surface area contributed by atoms with Gasteiger partial charge in [-0.15, -0.1) is 0 Å².